The van der Waals surface area contributed by atoms with Crippen LogP contribution in [0, 0.1) is 23.2 Å². The van der Waals surface area contributed by atoms with E-state index in [1.54, 1.807) is 0 Å². The second-order valence-electron chi connectivity index (χ2n) is 6.13. The molecule has 0 spiro atoms. The molecule has 1 unspecified atom stereocenters. The molecular formula is C11H17NaO4S. The van der Waals surface area contributed by atoms with Gasteiger partial charge in [-0.1, -0.05) is 0 Å². The van der Waals surface area contributed by atoms with Crippen molar-refractivity contribution in [1.29, 1.82) is 0 Å². The number of rotatable bonds is 2. The SMILES string of the molecule is O=S(=O)([O-])C(O)C12CC3CC(CC(C3)C1)C2.[Na+]. The summed E-state index contributed by atoms with van der Waals surface area (Å²) in [5, 5.41) is 9.85. The molecule has 4 saturated carbocycles. The van der Waals surface area contributed by atoms with Gasteiger partial charge in [-0.25, -0.2) is 8.42 Å². The van der Waals surface area contributed by atoms with Crippen molar-refractivity contribution >= 4 is 10.1 Å². The Balaban J connectivity index is 0.00000108. The molecule has 0 aliphatic heterocycles. The standard InChI is InChI=1S/C11H18O4S.Na/c12-10(16(13,14)15)11-4-7-1-8(5-11)3-9(2-7)6-11;/h7-10,12H,1-6H2,(H,13,14,15);/q;+1/p-1. The van der Waals surface area contributed by atoms with Crippen molar-refractivity contribution < 1.29 is 47.6 Å². The molecule has 0 aromatic heterocycles. The fraction of sp³-hybridized carbons (Fsp3) is 1.00. The molecule has 0 aromatic rings. The smallest absolute Gasteiger partial charge is 0.746 e. The monoisotopic (exact) mass is 268 g/mol. The van der Waals surface area contributed by atoms with Gasteiger partial charge in [0, 0.05) is 5.41 Å². The van der Waals surface area contributed by atoms with Gasteiger partial charge in [-0.05, 0) is 56.3 Å². The average molecular weight is 268 g/mol. The predicted octanol–water partition coefficient (Wildman–Crippen LogP) is -1.93. The molecule has 4 nitrogen and oxygen atoms in total. The second-order valence-corrected chi connectivity index (χ2v) is 7.56. The molecule has 4 fully saturated rings. The van der Waals surface area contributed by atoms with E-state index in [0.717, 1.165) is 19.3 Å². The third-order valence-corrected chi connectivity index (χ3v) is 5.93. The summed E-state index contributed by atoms with van der Waals surface area (Å²) in [7, 11) is -4.56. The molecule has 0 saturated heterocycles. The van der Waals surface area contributed by atoms with E-state index < -0.39 is 21.0 Å². The Morgan fingerprint density at radius 3 is 1.71 bits per heavy atom. The van der Waals surface area contributed by atoms with E-state index in [1.165, 1.54) is 19.3 Å². The number of hydrogen-bond acceptors (Lipinski definition) is 4. The Hall–Kier alpha value is 0.870. The summed E-state index contributed by atoms with van der Waals surface area (Å²) in [4.78, 5) is 0. The first kappa shape index (κ1) is 14.3. The largest absolute Gasteiger partial charge is 1.00 e. The minimum absolute atomic E-state index is 0. The summed E-state index contributed by atoms with van der Waals surface area (Å²) in [6.45, 7) is 0. The molecule has 17 heavy (non-hydrogen) atoms. The van der Waals surface area contributed by atoms with Crippen LogP contribution >= 0.6 is 0 Å². The summed E-state index contributed by atoms with van der Waals surface area (Å²) in [5.41, 5.74) is -2.27. The third-order valence-electron chi connectivity index (χ3n) is 4.88. The molecule has 1 N–H and O–H groups in total. The quantitative estimate of drug-likeness (QED) is 0.467. The normalized spacial score (nSPS) is 45.4. The van der Waals surface area contributed by atoms with Crippen LogP contribution in [0.1, 0.15) is 38.5 Å². The molecule has 4 bridgehead atoms. The molecule has 0 heterocycles. The van der Waals surface area contributed by atoms with Gasteiger partial charge in [0.2, 0.25) is 0 Å². The molecule has 0 aromatic carbocycles. The van der Waals surface area contributed by atoms with E-state index in [-0.39, 0.29) is 29.6 Å². The van der Waals surface area contributed by atoms with Crippen molar-refractivity contribution in [3.63, 3.8) is 0 Å². The zero-order chi connectivity index (χ0) is 11.6. The number of hydrogen-bond donors (Lipinski definition) is 1. The van der Waals surface area contributed by atoms with Crippen LogP contribution in [0.3, 0.4) is 0 Å². The van der Waals surface area contributed by atoms with E-state index in [9.17, 15) is 18.1 Å². The van der Waals surface area contributed by atoms with Gasteiger partial charge in [0.25, 0.3) is 0 Å². The van der Waals surface area contributed by atoms with E-state index in [2.05, 4.69) is 0 Å². The zero-order valence-corrected chi connectivity index (χ0v) is 12.9. The summed E-state index contributed by atoms with van der Waals surface area (Å²) in [6.07, 6.45) is 5.73. The predicted molar refractivity (Wildman–Crippen MR) is 56.3 cm³/mol. The van der Waals surface area contributed by atoms with Crippen LogP contribution in [0.4, 0.5) is 0 Å². The summed E-state index contributed by atoms with van der Waals surface area (Å²) < 4.78 is 33.1. The van der Waals surface area contributed by atoms with E-state index in [0.29, 0.717) is 17.8 Å². The summed E-state index contributed by atoms with van der Waals surface area (Å²) >= 11 is 0. The van der Waals surface area contributed by atoms with Crippen molar-refractivity contribution in [2.24, 2.45) is 23.2 Å². The summed E-state index contributed by atoms with van der Waals surface area (Å²) in [5.74, 6) is 1.63. The van der Waals surface area contributed by atoms with Gasteiger partial charge in [-0.3, -0.25) is 0 Å². The van der Waals surface area contributed by atoms with Gasteiger partial charge >= 0.3 is 29.6 Å². The second kappa shape index (κ2) is 4.46. The van der Waals surface area contributed by atoms with Gasteiger partial charge in [0.15, 0.2) is 0 Å². The van der Waals surface area contributed by atoms with E-state index in [4.69, 9.17) is 0 Å². The Kier molecular flexibility index (Phi) is 3.75. The Labute approximate surface area is 124 Å². The zero-order valence-electron chi connectivity index (χ0n) is 10.1. The first-order valence-corrected chi connectivity index (χ1v) is 7.49. The Morgan fingerprint density at radius 2 is 1.41 bits per heavy atom. The van der Waals surface area contributed by atoms with Gasteiger partial charge in [0.1, 0.15) is 15.6 Å². The molecule has 6 heteroatoms. The van der Waals surface area contributed by atoms with Crippen molar-refractivity contribution in [3.8, 4) is 0 Å². The van der Waals surface area contributed by atoms with E-state index >= 15 is 0 Å². The maximum Gasteiger partial charge on any atom is 1.00 e. The van der Waals surface area contributed by atoms with E-state index in [1.807, 2.05) is 0 Å². The molecule has 0 radical (unpaired) electrons. The third kappa shape index (κ3) is 2.35. The first-order valence-electron chi connectivity index (χ1n) is 6.02. The van der Waals surface area contributed by atoms with Gasteiger partial charge in [-0.15, -0.1) is 0 Å². The Bertz CT molecular complexity index is 370. The van der Waals surface area contributed by atoms with Crippen LogP contribution in [0.5, 0.6) is 0 Å². The maximum absolute atomic E-state index is 11.0. The molecule has 92 valence electrons. The van der Waals surface area contributed by atoms with Gasteiger partial charge in [-0.2, -0.15) is 0 Å². The van der Waals surface area contributed by atoms with Crippen molar-refractivity contribution in [2.45, 2.75) is 44.0 Å². The fourth-order valence-corrected chi connectivity index (χ4v) is 5.69. The average Bonchev–Trinajstić information content (AvgIpc) is 2.12. The van der Waals surface area contributed by atoms with Gasteiger partial charge in [0.05, 0.1) is 0 Å². The number of aliphatic hydroxyl groups excluding tert-OH is 1. The minimum atomic E-state index is -4.56. The Morgan fingerprint density at radius 1 is 1.06 bits per heavy atom. The maximum atomic E-state index is 11.0. The van der Waals surface area contributed by atoms with Gasteiger partial charge < -0.3 is 9.66 Å². The molecule has 4 aliphatic rings. The van der Waals surface area contributed by atoms with Crippen LogP contribution < -0.4 is 29.6 Å². The molecule has 0 amide bonds. The summed E-state index contributed by atoms with van der Waals surface area (Å²) in [6, 6.07) is 0. The van der Waals surface area contributed by atoms with Crippen molar-refractivity contribution in [2.75, 3.05) is 0 Å². The van der Waals surface area contributed by atoms with Crippen molar-refractivity contribution in [1.82, 2.24) is 0 Å². The molecular weight excluding hydrogens is 251 g/mol. The molecule has 4 rings (SSSR count). The van der Waals surface area contributed by atoms with Crippen LogP contribution in [-0.4, -0.2) is 23.5 Å². The molecule has 4 aliphatic carbocycles. The van der Waals surface area contributed by atoms with Crippen LogP contribution in [0.2, 0.25) is 0 Å². The topological polar surface area (TPSA) is 77.4 Å². The van der Waals surface area contributed by atoms with Crippen LogP contribution in [0.25, 0.3) is 0 Å². The van der Waals surface area contributed by atoms with Crippen LogP contribution in [0.15, 0.2) is 0 Å². The van der Waals surface area contributed by atoms with Crippen molar-refractivity contribution in [3.05, 3.63) is 0 Å². The minimum Gasteiger partial charge on any atom is -0.746 e. The van der Waals surface area contributed by atoms with Crippen LogP contribution in [-0.2, 0) is 10.1 Å². The first-order chi connectivity index (χ1) is 7.39. The number of aliphatic hydroxyl groups is 1. The fourth-order valence-electron chi connectivity index (χ4n) is 4.79. The molecule has 1 atom stereocenters.